The number of hydrogen-bond donors (Lipinski definition) is 1. The summed E-state index contributed by atoms with van der Waals surface area (Å²) in [6, 6.07) is 3.85. The van der Waals surface area contributed by atoms with Crippen LogP contribution in [-0.2, 0) is 11.3 Å². The third kappa shape index (κ3) is 3.81. The zero-order valence-electron chi connectivity index (χ0n) is 15.6. The average Bonchev–Trinajstić information content (AvgIpc) is 2.72. The van der Waals surface area contributed by atoms with Gasteiger partial charge in [-0.15, -0.1) is 0 Å². The number of nitrogens with one attached hydrogen (secondary N) is 1. The first-order chi connectivity index (χ1) is 13.5. The highest BCUT2D eigenvalue weighted by atomic mass is 16.2. The summed E-state index contributed by atoms with van der Waals surface area (Å²) in [5.41, 5.74) is 0.889. The second kappa shape index (κ2) is 7.53. The Kier molecular flexibility index (Phi) is 4.93. The van der Waals surface area contributed by atoms with Crippen molar-refractivity contribution in [1.29, 1.82) is 0 Å². The molecule has 28 heavy (non-hydrogen) atoms. The zero-order valence-corrected chi connectivity index (χ0v) is 15.6. The van der Waals surface area contributed by atoms with Crippen molar-refractivity contribution in [2.45, 2.75) is 32.2 Å². The number of rotatable bonds is 3. The standard InChI is InChI=1S/C20H23N5O3/c26-17-11-22-16(10-23-17)19(28)24-9-1-5-20(13-24)6-2-18(27)25(14-20)12-15-3-7-21-8-4-15/h3-4,7-8,10-11H,1-2,5-6,9,12-14H2,(H,23,26)/t20-/m0/s1. The van der Waals surface area contributed by atoms with Gasteiger partial charge in [-0.25, -0.2) is 4.98 Å². The first-order valence-corrected chi connectivity index (χ1v) is 9.55. The maximum atomic E-state index is 12.8. The molecule has 2 saturated heterocycles. The molecule has 0 radical (unpaired) electrons. The molecule has 2 aromatic rings. The van der Waals surface area contributed by atoms with E-state index in [2.05, 4.69) is 15.0 Å². The minimum absolute atomic E-state index is 0.0863. The molecule has 8 nitrogen and oxygen atoms in total. The van der Waals surface area contributed by atoms with Crippen LogP contribution >= 0.6 is 0 Å². The number of aromatic amines is 1. The lowest BCUT2D eigenvalue weighted by atomic mass is 9.73. The van der Waals surface area contributed by atoms with Gasteiger partial charge in [0.15, 0.2) is 0 Å². The summed E-state index contributed by atoms with van der Waals surface area (Å²) >= 11 is 0. The quantitative estimate of drug-likeness (QED) is 0.862. The van der Waals surface area contributed by atoms with Crippen molar-refractivity contribution in [2.24, 2.45) is 5.41 Å². The van der Waals surface area contributed by atoms with Crippen LogP contribution in [0.5, 0.6) is 0 Å². The van der Waals surface area contributed by atoms with Crippen LogP contribution in [0, 0.1) is 5.41 Å². The Balaban J connectivity index is 1.49. The number of piperidine rings is 2. The van der Waals surface area contributed by atoms with Crippen LogP contribution in [0.3, 0.4) is 0 Å². The molecule has 1 N–H and O–H groups in total. The summed E-state index contributed by atoms with van der Waals surface area (Å²) < 4.78 is 0. The van der Waals surface area contributed by atoms with Gasteiger partial charge in [0.05, 0.1) is 6.20 Å². The predicted molar refractivity (Wildman–Crippen MR) is 101 cm³/mol. The number of amides is 2. The second-order valence-electron chi connectivity index (χ2n) is 7.73. The van der Waals surface area contributed by atoms with E-state index in [-0.39, 0.29) is 28.5 Å². The van der Waals surface area contributed by atoms with Crippen LogP contribution in [0.25, 0.3) is 0 Å². The summed E-state index contributed by atoms with van der Waals surface area (Å²) in [6.45, 7) is 2.49. The first kappa shape index (κ1) is 18.3. The smallest absolute Gasteiger partial charge is 0.273 e. The highest BCUT2D eigenvalue weighted by Crippen LogP contribution is 2.39. The molecule has 0 bridgehead atoms. The third-order valence-electron chi connectivity index (χ3n) is 5.71. The minimum Gasteiger partial charge on any atom is -0.338 e. The van der Waals surface area contributed by atoms with Gasteiger partial charge in [0, 0.05) is 56.6 Å². The van der Waals surface area contributed by atoms with Crippen molar-refractivity contribution in [3.05, 3.63) is 58.5 Å². The molecule has 2 amide bonds. The molecule has 2 aliphatic rings. The minimum atomic E-state index is -0.329. The Morgan fingerprint density at radius 3 is 2.75 bits per heavy atom. The Hall–Kier alpha value is -3.03. The Morgan fingerprint density at radius 1 is 1.18 bits per heavy atom. The van der Waals surface area contributed by atoms with E-state index in [1.54, 1.807) is 12.4 Å². The largest absolute Gasteiger partial charge is 0.338 e. The lowest BCUT2D eigenvalue weighted by Gasteiger charge is -2.48. The lowest BCUT2D eigenvalue weighted by Crippen LogP contribution is -2.54. The average molecular weight is 381 g/mol. The molecule has 2 aliphatic heterocycles. The van der Waals surface area contributed by atoms with Gasteiger partial charge in [-0.2, -0.15) is 0 Å². The van der Waals surface area contributed by atoms with Gasteiger partial charge in [-0.1, -0.05) is 0 Å². The van der Waals surface area contributed by atoms with Crippen LogP contribution < -0.4 is 5.56 Å². The van der Waals surface area contributed by atoms with Gasteiger partial charge in [0.2, 0.25) is 5.91 Å². The molecule has 2 aromatic heterocycles. The van der Waals surface area contributed by atoms with Crippen molar-refractivity contribution < 1.29 is 9.59 Å². The Bertz CT molecular complexity index is 908. The number of hydrogen-bond acceptors (Lipinski definition) is 5. The number of carbonyl (C=O) groups excluding carboxylic acids is 2. The van der Waals surface area contributed by atoms with E-state index in [0.717, 1.165) is 31.0 Å². The van der Waals surface area contributed by atoms with Crippen molar-refractivity contribution in [3.8, 4) is 0 Å². The molecular formula is C20H23N5O3. The maximum Gasteiger partial charge on any atom is 0.273 e. The molecular weight excluding hydrogens is 358 g/mol. The van der Waals surface area contributed by atoms with Gasteiger partial charge in [-0.3, -0.25) is 19.4 Å². The highest BCUT2D eigenvalue weighted by Gasteiger charge is 2.43. The van der Waals surface area contributed by atoms with Gasteiger partial charge >= 0.3 is 0 Å². The summed E-state index contributed by atoms with van der Waals surface area (Å²) in [7, 11) is 0. The summed E-state index contributed by atoms with van der Waals surface area (Å²) in [5, 5.41) is 0. The van der Waals surface area contributed by atoms with Gasteiger partial charge in [0.1, 0.15) is 5.69 Å². The molecule has 1 atom stereocenters. The predicted octanol–water partition coefficient (Wildman–Crippen LogP) is 1.21. The van der Waals surface area contributed by atoms with Crippen LogP contribution in [0.1, 0.15) is 41.7 Å². The fraction of sp³-hybridized carbons (Fsp3) is 0.450. The molecule has 4 heterocycles. The maximum absolute atomic E-state index is 12.8. The number of aromatic nitrogens is 3. The van der Waals surface area contributed by atoms with E-state index in [1.165, 1.54) is 6.20 Å². The molecule has 0 aromatic carbocycles. The molecule has 2 fully saturated rings. The van der Waals surface area contributed by atoms with E-state index >= 15 is 0 Å². The number of H-pyrrole nitrogens is 1. The molecule has 146 valence electrons. The van der Waals surface area contributed by atoms with Crippen molar-refractivity contribution in [1.82, 2.24) is 24.8 Å². The SMILES string of the molecule is O=C1CC[C@]2(CCCN(C(=O)c3c[nH]c(=O)cn3)C2)CN1Cc1ccncc1. The highest BCUT2D eigenvalue weighted by molar-refractivity contribution is 5.92. The first-order valence-electron chi connectivity index (χ1n) is 9.55. The summed E-state index contributed by atoms with van der Waals surface area (Å²) in [5.74, 6) is -0.0129. The third-order valence-corrected chi connectivity index (χ3v) is 5.71. The zero-order chi connectivity index (χ0) is 19.6. The van der Waals surface area contributed by atoms with Gasteiger partial charge in [0.25, 0.3) is 11.5 Å². The van der Waals surface area contributed by atoms with E-state index in [9.17, 15) is 14.4 Å². The topological polar surface area (TPSA) is 99.3 Å². The molecule has 0 aliphatic carbocycles. The second-order valence-corrected chi connectivity index (χ2v) is 7.73. The Morgan fingerprint density at radius 2 is 2.00 bits per heavy atom. The molecule has 1 spiro atoms. The number of nitrogens with zero attached hydrogens (tertiary/aromatic N) is 4. The fourth-order valence-corrected chi connectivity index (χ4v) is 4.29. The van der Waals surface area contributed by atoms with Gasteiger partial charge in [-0.05, 0) is 37.0 Å². The van der Waals surface area contributed by atoms with E-state index in [0.29, 0.717) is 32.6 Å². The van der Waals surface area contributed by atoms with Crippen LogP contribution in [-0.4, -0.2) is 56.2 Å². The van der Waals surface area contributed by atoms with Crippen LogP contribution in [0.4, 0.5) is 0 Å². The van der Waals surface area contributed by atoms with Gasteiger partial charge < -0.3 is 14.8 Å². The van der Waals surface area contributed by atoms with Crippen molar-refractivity contribution >= 4 is 11.8 Å². The number of carbonyl (C=O) groups is 2. The molecule has 8 heteroatoms. The van der Waals surface area contributed by atoms with E-state index in [1.807, 2.05) is 21.9 Å². The Labute approximate surface area is 162 Å². The van der Waals surface area contributed by atoms with E-state index < -0.39 is 0 Å². The monoisotopic (exact) mass is 381 g/mol. The number of pyridine rings is 1. The van der Waals surface area contributed by atoms with E-state index in [4.69, 9.17) is 0 Å². The number of likely N-dealkylation sites (tertiary alicyclic amines) is 2. The van der Waals surface area contributed by atoms with Crippen LogP contribution in [0.2, 0.25) is 0 Å². The normalized spacial score (nSPS) is 22.5. The van der Waals surface area contributed by atoms with Crippen LogP contribution in [0.15, 0.2) is 41.7 Å². The summed E-state index contributed by atoms with van der Waals surface area (Å²) in [4.78, 5) is 50.7. The summed E-state index contributed by atoms with van der Waals surface area (Å²) in [6.07, 6.45) is 9.15. The molecule has 0 unspecified atom stereocenters. The fourth-order valence-electron chi connectivity index (χ4n) is 4.29. The molecule has 4 rings (SSSR count). The molecule has 0 saturated carbocycles. The van der Waals surface area contributed by atoms with Crippen molar-refractivity contribution in [3.63, 3.8) is 0 Å². The van der Waals surface area contributed by atoms with Crippen molar-refractivity contribution in [2.75, 3.05) is 19.6 Å². The lowest BCUT2D eigenvalue weighted by molar-refractivity contribution is -0.139.